The normalized spacial score (nSPS) is 28.6. The average Bonchev–Trinajstić information content (AvgIpc) is 1.83. The number of allylic oxidation sites excluding steroid dienone is 1. The monoisotopic (exact) mass is 209 g/mol. The first-order valence-electron chi connectivity index (χ1n) is 2.99. The molecule has 0 saturated carbocycles. The molecule has 0 aliphatic carbocycles. The summed E-state index contributed by atoms with van der Waals surface area (Å²) in [5, 5.41) is 11.5. The second kappa shape index (κ2) is 2.91. The molecular weight excluding hydrogens is 205 g/mol. The summed E-state index contributed by atoms with van der Waals surface area (Å²) in [5.74, 6) is 0. The molecule has 0 radical (unpaired) electrons. The van der Waals surface area contributed by atoms with Crippen molar-refractivity contribution in [1.82, 2.24) is 5.32 Å². The standard InChI is InChI=1S/C5H5Cl2N3O2/c1-5(7)8-2-3(10(11)12)4(6)9-5/h2,9H,1H3. The minimum atomic E-state index is -1.09. The zero-order chi connectivity index (χ0) is 9.35. The smallest absolute Gasteiger partial charge is 0.321 e. The molecule has 0 amide bonds. The van der Waals surface area contributed by atoms with Gasteiger partial charge in [0.1, 0.15) is 6.21 Å². The SMILES string of the molecule is CC1(Cl)N=CC([N+](=O)[O-])=C(Cl)N1. The van der Waals surface area contributed by atoms with E-state index in [2.05, 4.69) is 10.3 Å². The van der Waals surface area contributed by atoms with Crippen molar-refractivity contribution < 1.29 is 4.92 Å². The van der Waals surface area contributed by atoms with E-state index in [0.717, 1.165) is 6.21 Å². The van der Waals surface area contributed by atoms with E-state index in [1.165, 1.54) is 6.92 Å². The van der Waals surface area contributed by atoms with E-state index in [1.807, 2.05) is 0 Å². The molecule has 1 aliphatic heterocycles. The van der Waals surface area contributed by atoms with Gasteiger partial charge in [0.2, 0.25) is 5.12 Å². The lowest BCUT2D eigenvalue weighted by Crippen LogP contribution is -2.37. The van der Waals surface area contributed by atoms with Gasteiger partial charge in [0.05, 0.1) is 4.92 Å². The highest BCUT2D eigenvalue weighted by Gasteiger charge is 2.29. The van der Waals surface area contributed by atoms with E-state index < -0.39 is 10.0 Å². The molecule has 1 unspecified atom stereocenters. The van der Waals surface area contributed by atoms with Gasteiger partial charge in [-0.15, -0.1) is 0 Å². The van der Waals surface area contributed by atoms with Crippen LogP contribution < -0.4 is 5.32 Å². The van der Waals surface area contributed by atoms with Crippen LogP contribution in [0.1, 0.15) is 6.92 Å². The van der Waals surface area contributed by atoms with Crippen LogP contribution in [0.4, 0.5) is 0 Å². The third-order valence-corrected chi connectivity index (χ3v) is 1.67. The maximum atomic E-state index is 10.3. The highest BCUT2D eigenvalue weighted by atomic mass is 35.5. The van der Waals surface area contributed by atoms with Crippen LogP contribution in [0.5, 0.6) is 0 Å². The van der Waals surface area contributed by atoms with Crippen molar-refractivity contribution in [2.75, 3.05) is 0 Å². The van der Waals surface area contributed by atoms with E-state index >= 15 is 0 Å². The Labute approximate surface area is 78.2 Å². The number of hydrogen-bond acceptors (Lipinski definition) is 4. The number of alkyl halides is 1. The van der Waals surface area contributed by atoms with Gasteiger partial charge in [-0.3, -0.25) is 10.1 Å². The van der Waals surface area contributed by atoms with E-state index in [9.17, 15) is 10.1 Å². The Morgan fingerprint density at radius 3 is 2.83 bits per heavy atom. The van der Waals surface area contributed by atoms with Crippen LogP contribution in [0.3, 0.4) is 0 Å². The van der Waals surface area contributed by atoms with Crippen LogP contribution in [0, 0.1) is 10.1 Å². The molecule has 66 valence electrons. The van der Waals surface area contributed by atoms with Gasteiger partial charge in [-0.25, -0.2) is 4.99 Å². The minimum Gasteiger partial charge on any atom is -0.334 e. The van der Waals surface area contributed by atoms with Crippen molar-refractivity contribution in [2.45, 2.75) is 12.0 Å². The fourth-order valence-corrected chi connectivity index (χ4v) is 1.16. The van der Waals surface area contributed by atoms with Gasteiger partial charge in [0, 0.05) is 0 Å². The largest absolute Gasteiger partial charge is 0.334 e. The van der Waals surface area contributed by atoms with Crippen molar-refractivity contribution in [1.29, 1.82) is 0 Å². The van der Waals surface area contributed by atoms with Crippen molar-refractivity contribution in [3.63, 3.8) is 0 Å². The van der Waals surface area contributed by atoms with Crippen molar-refractivity contribution in [3.05, 3.63) is 21.0 Å². The van der Waals surface area contributed by atoms with Gasteiger partial charge in [0.15, 0.2) is 5.16 Å². The number of rotatable bonds is 1. The summed E-state index contributed by atoms with van der Waals surface area (Å²) in [6.45, 7) is 1.53. The number of halogens is 2. The van der Waals surface area contributed by atoms with Crippen LogP contribution in [0.25, 0.3) is 0 Å². The molecule has 5 nitrogen and oxygen atoms in total. The lowest BCUT2D eigenvalue weighted by atomic mass is 10.4. The first-order valence-corrected chi connectivity index (χ1v) is 3.74. The van der Waals surface area contributed by atoms with E-state index in [0.29, 0.717) is 0 Å². The molecule has 1 rings (SSSR count). The van der Waals surface area contributed by atoms with Crippen molar-refractivity contribution in [3.8, 4) is 0 Å². The molecule has 12 heavy (non-hydrogen) atoms. The molecule has 0 aromatic rings. The quantitative estimate of drug-likeness (QED) is 0.306. The van der Waals surface area contributed by atoms with E-state index in [-0.39, 0.29) is 10.9 Å². The number of nitrogens with zero attached hydrogens (tertiary/aromatic N) is 2. The Morgan fingerprint density at radius 2 is 2.42 bits per heavy atom. The second-order valence-electron chi connectivity index (χ2n) is 2.29. The molecule has 1 N–H and O–H groups in total. The van der Waals surface area contributed by atoms with Crippen LogP contribution >= 0.6 is 23.2 Å². The molecule has 0 spiro atoms. The summed E-state index contributed by atoms with van der Waals surface area (Å²) < 4.78 is 0. The van der Waals surface area contributed by atoms with Crippen LogP contribution in [0.2, 0.25) is 0 Å². The number of nitrogens with one attached hydrogen (secondary N) is 1. The summed E-state index contributed by atoms with van der Waals surface area (Å²) in [6.07, 6.45) is 1.03. The second-order valence-corrected chi connectivity index (χ2v) is 3.41. The molecule has 7 heteroatoms. The van der Waals surface area contributed by atoms with Gasteiger partial charge < -0.3 is 5.32 Å². The van der Waals surface area contributed by atoms with Crippen LogP contribution in [-0.2, 0) is 0 Å². The summed E-state index contributed by atoms with van der Waals surface area (Å²) in [7, 11) is 0. The zero-order valence-electron chi connectivity index (χ0n) is 6.04. The Bertz CT molecular complexity index is 284. The Kier molecular flexibility index (Phi) is 2.25. The lowest BCUT2D eigenvalue weighted by molar-refractivity contribution is -0.415. The molecule has 1 aliphatic rings. The predicted molar refractivity (Wildman–Crippen MR) is 45.8 cm³/mol. The van der Waals surface area contributed by atoms with Gasteiger partial charge in [-0.05, 0) is 6.92 Å². The first kappa shape index (κ1) is 9.28. The van der Waals surface area contributed by atoms with Crippen molar-refractivity contribution >= 4 is 29.4 Å². The number of hydrogen-bond donors (Lipinski definition) is 1. The molecule has 0 bridgehead atoms. The third-order valence-electron chi connectivity index (χ3n) is 1.19. The van der Waals surface area contributed by atoms with E-state index in [4.69, 9.17) is 23.2 Å². The fraction of sp³-hybridized carbons (Fsp3) is 0.400. The summed E-state index contributed by atoms with van der Waals surface area (Å²) in [4.78, 5) is 13.3. The molecule has 0 aromatic heterocycles. The van der Waals surface area contributed by atoms with Gasteiger partial charge in [-0.2, -0.15) is 0 Å². The van der Waals surface area contributed by atoms with E-state index in [1.54, 1.807) is 0 Å². The molecule has 0 fully saturated rings. The van der Waals surface area contributed by atoms with Gasteiger partial charge in [0.25, 0.3) is 0 Å². The maximum absolute atomic E-state index is 10.3. The molecule has 1 heterocycles. The summed E-state index contributed by atoms with van der Waals surface area (Å²) in [5.41, 5.74) is -0.283. The number of aliphatic imine (C=N–C) groups is 1. The lowest BCUT2D eigenvalue weighted by Gasteiger charge is -2.21. The average molecular weight is 210 g/mol. The Morgan fingerprint density at radius 1 is 1.83 bits per heavy atom. The topological polar surface area (TPSA) is 67.5 Å². The molecule has 0 aromatic carbocycles. The maximum Gasteiger partial charge on any atom is 0.321 e. The Balaban J connectivity index is 2.95. The zero-order valence-corrected chi connectivity index (χ0v) is 7.56. The minimum absolute atomic E-state index is 0.104. The summed E-state index contributed by atoms with van der Waals surface area (Å²) in [6, 6.07) is 0. The first-order chi connectivity index (χ1) is 5.42. The van der Waals surface area contributed by atoms with Crippen LogP contribution in [-0.4, -0.2) is 16.3 Å². The van der Waals surface area contributed by atoms with Gasteiger partial charge >= 0.3 is 5.70 Å². The summed E-state index contributed by atoms with van der Waals surface area (Å²) >= 11 is 11.2. The predicted octanol–water partition coefficient (Wildman–Crippen LogP) is 1.26. The fourth-order valence-electron chi connectivity index (χ4n) is 0.663. The number of nitro groups is 1. The van der Waals surface area contributed by atoms with Crippen molar-refractivity contribution in [2.24, 2.45) is 4.99 Å². The molecule has 0 saturated heterocycles. The highest BCUT2D eigenvalue weighted by molar-refractivity contribution is 6.32. The molecular formula is C5H5Cl2N3O2. The molecule has 1 atom stereocenters. The third kappa shape index (κ3) is 1.86. The van der Waals surface area contributed by atoms with Gasteiger partial charge in [-0.1, -0.05) is 23.2 Å². The van der Waals surface area contributed by atoms with Crippen LogP contribution in [0.15, 0.2) is 15.8 Å². The highest BCUT2D eigenvalue weighted by Crippen LogP contribution is 2.21. The Hall–Kier alpha value is -0.810.